The van der Waals surface area contributed by atoms with E-state index in [1.807, 2.05) is 46.5 Å². The molecule has 0 radical (unpaired) electrons. The maximum Gasteiger partial charge on any atom is 0.241 e. The van der Waals surface area contributed by atoms with Crippen LogP contribution in [0, 0.1) is 6.92 Å². The van der Waals surface area contributed by atoms with E-state index in [1.54, 1.807) is 11.3 Å². The molecule has 1 aliphatic heterocycles. The van der Waals surface area contributed by atoms with E-state index in [2.05, 4.69) is 37.3 Å². The highest BCUT2D eigenvalue weighted by Crippen LogP contribution is 2.34. The number of fused-ring (bicyclic) bond motifs is 1. The molecule has 0 spiro atoms. The van der Waals surface area contributed by atoms with Crippen molar-refractivity contribution in [2.75, 3.05) is 31.7 Å². The van der Waals surface area contributed by atoms with Gasteiger partial charge in [0.2, 0.25) is 5.91 Å². The minimum atomic E-state index is 0.0506. The second kappa shape index (κ2) is 9.32. The Hall–Kier alpha value is -2.83. The molecule has 1 aromatic heterocycles. The van der Waals surface area contributed by atoms with Crippen LogP contribution in [0.1, 0.15) is 16.0 Å². The summed E-state index contributed by atoms with van der Waals surface area (Å²) in [5.41, 5.74) is 3.25. The van der Waals surface area contributed by atoms with E-state index in [4.69, 9.17) is 9.47 Å². The van der Waals surface area contributed by atoms with Gasteiger partial charge in [0, 0.05) is 23.2 Å². The van der Waals surface area contributed by atoms with Crippen LogP contribution in [0.25, 0.3) is 0 Å². The largest absolute Gasteiger partial charge is 0.486 e. The zero-order valence-electron chi connectivity index (χ0n) is 17.3. The third-order valence-electron chi connectivity index (χ3n) is 5.01. The number of thiophene rings is 1. The molecule has 0 saturated heterocycles. The summed E-state index contributed by atoms with van der Waals surface area (Å²) in [6.45, 7) is 4.73. The number of benzene rings is 2. The summed E-state index contributed by atoms with van der Waals surface area (Å²) >= 11 is 1.65. The fourth-order valence-corrected chi connectivity index (χ4v) is 4.15. The highest BCUT2D eigenvalue weighted by molar-refractivity contribution is 7.09. The van der Waals surface area contributed by atoms with Gasteiger partial charge in [-0.2, -0.15) is 0 Å². The molecule has 156 valence electrons. The maximum atomic E-state index is 13.3. The van der Waals surface area contributed by atoms with Crippen LogP contribution in [0.5, 0.6) is 11.5 Å². The van der Waals surface area contributed by atoms with Gasteiger partial charge in [-0.15, -0.1) is 11.3 Å². The predicted octanol–water partition coefficient (Wildman–Crippen LogP) is 4.49. The van der Waals surface area contributed by atoms with E-state index >= 15 is 0 Å². The Morgan fingerprint density at radius 3 is 2.50 bits per heavy atom. The average Bonchev–Trinajstić information content (AvgIpc) is 3.26. The number of rotatable bonds is 7. The van der Waals surface area contributed by atoms with Gasteiger partial charge in [0.05, 0.1) is 13.1 Å². The average molecular weight is 423 g/mol. The standard InChI is InChI=1S/C24H26N2O3S/c1-18-5-7-19(8-6-18)15-25(2)17-24(27)26(16-21-4-3-13-30-21)20-9-10-22-23(14-20)29-12-11-28-22/h3-10,13-14H,11-12,15-17H2,1-2H3. The molecule has 2 heterocycles. The third-order valence-corrected chi connectivity index (χ3v) is 5.87. The number of hydrogen-bond donors (Lipinski definition) is 0. The fraction of sp³-hybridized carbons (Fsp3) is 0.292. The lowest BCUT2D eigenvalue weighted by molar-refractivity contribution is -0.119. The lowest BCUT2D eigenvalue weighted by atomic mass is 10.1. The summed E-state index contributed by atoms with van der Waals surface area (Å²) in [7, 11) is 1.98. The maximum absolute atomic E-state index is 13.3. The molecule has 0 atom stereocenters. The highest BCUT2D eigenvalue weighted by Gasteiger charge is 2.21. The van der Waals surface area contributed by atoms with Crippen molar-refractivity contribution in [3.8, 4) is 11.5 Å². The summed E-state index contributed by atoms with van der Waals surface area (Å²) in [6.07, 6.45) is 0. The Labute approximate surface area is 181 Å². The van der Waals surface area contributed by atoms with Crippen LogP contribution in [0.4, 0.5) is 5.69 Å². The van der Waals surface area contributed by atoms with Crippen LogP contribution in [0.3, 0.4) is 0 Å². The summed E-state index contributed by atoms with van der Waals surface area (Å²) in [5, 5.41) is 2.03. The van der Waals surface area contributed by atoms with Crippen LogP contribution in [0.2, 0.25) is 0 Å². The number of aryl methyl sites for hydroxylation is 1. The first-order chi connectivity index (χ1) is 14.6. The summed E-state index contributed by atoms with van der Waals surface area (Å²) in [4.78, 5) is 18.3. The zero-order valence-corrected chi connectivity index (χ0v) is 18.2. The van der Waals surface area contributed by atoms with Crippen molar-refractivity contribution < 1.29 is 14.3 Å². The predicted molar refractivity (Wildman–Crippen MR) is 120 cm³/mol. The van der Waals surface area contributed by atoms with E-state index < -0.39 is 0 Å². The van der Waals surface area contributed by atoms with E-state index in [1.165, 1.54) is 11.1 Å². The molecule has 6 heteroatoms. The number of hydrogen-bond acceptors (Lipinski definition) is 5. The van der Waals surface area contributed by atoms with Crippen molar-refractivity contribution in [3.63, 3.8) is 0 Å². The Kier molecular flexibility index (Phi) is 6.35. The molecular weight excluding hydrogens is 396 g/mol. The zero-order chi connectivity index (χ0) is 20.9. The lowest BCUT2D eigenvalue weighted by Crippen LogP contribution is -2.38. The molecule has 1 amide bonds. The number of amides is 1. The van der Waals surface area contributed by atoms with Gasteiger partial charge in [-0.3, -0.25) is 9.69 Å². The summed E-state index contributed by atoms with van der Waals surface area (Å²) in [5.74, 6) is 1.47. The SMILES string of the molecule is Cc1ccc(CN(C)CC(=O)N(Cc2cccs2)c2ccc3c(c2)OCCO3)cc1. The monoisotopic (exact) mass is 422 g/mol. The van der Waals surface area contributed by atoms with Crippen LogP contribution in [-0.2, 0) is 17.9 Å². The van der Waals surface area contributed by atoms with Crippen molar-refractivity contribution in [1.82, 2.24) is 4.90 Å². The van der Waals surface area contributed by atoms with Gasteiger partial charge in [0.1, 0.15) is 13.2 Å². The fourth-order valence-electron chi connectivity index (χ4n) is 3.46. The topological polar surface area (TPSA) is 42.0 Å². The van der Waals surface area contributed by atoms with Crippen LogP contribution in [0.15, 0.2) is 60.0 Å². The van der Waals surface area contributed by atoms with Gasteiger partial charge in [-0.1, -0.05) is 35.9 Å². The van der Waals surface area contributed by atoms with E-state index in [0.29, 0.717) is 32.1 Å². The Morgan fingerprint density at radius 2 is 1.77 bits per heavy atom. The first kappa shape index (κ1) is 20.4. The molecule has 0 saturated carbocycles. The van der Waals surface area contributed by atoms with Crippen molar-refractivity contribution in [3.05, 3.63) is 76.0 Å². The molecular formula is C24H26N2O3S. The molecule has 1 aliphatic rings. The van der Waals surface area contributed by atoms with Crippen LogP contribution < -0.4 is 14.4 Å². The van der Waals surface area contributed by atoms with Crippen LogP contribution >= 0.6 is 11.3 Å². The number of likely N-dealkylation sites (N-methyl/N-ethyl adjacent to an activating group) is 1. The van der Waals surface area contributed by atoms with Gasteiger partial charge < -0.3 is 14.4 Å². The highest BCUT2D eigenvalue weighted by atomic mass is 32.1. The Morgan fingerprint density at radius 1 is 1.00 bits per heavy atom. The first-order valence-corrected chi connectivity index (χ1v) is 10.9. The molecule has 0 fully saturated rings. The normalized spacial score (nSPS) is 12.8. The lowest BCUT2D eigenvalue weighted by Gasteiger charge is -2.27. The van der Waals surface area contributed by atoms with Gasteiger partial charge in [0.15, 0.2) is 11.5 Å². The molecule has 0 unspecified atom stereocenters. The van der Waals surface area contributed by atoms with E-state index in [0.717, 1.165) is 22.9 Å². The molecule has 30 heavy (non-hydrogen) atoms. The third kappa shape index (κ3) is 5.01. The smallest absolute Gasteiger partial charge is 0.241 e. The quantitative estimate of drug-likeness (QED) is 0.563. The summed E-state index contributed by atoms with van der Waals surface area (Å²) < 4.78 is 11.4. The van der Waals surface area contributed by atoms with Gasteiger partial charge >= 0.3 is 0 Å². The van der Waals surface area contributed by atoms with E-state index in [-0.39, 0.29) is 5.91 Å². The molecule has 2 aromatic carbocycles. The second-order valence-corrected chi connectivity index (χ2v) is 8.58. The van der Waals surface area contributed by atoms with Crippen LogP contribution in [-0.4, -0.2) is 37.6 Å². The van der Waals surface area contributed by atoms with Crippen molar-refractivity contribution >= 4 is 22.9 Å². The molecule has 0 bridgehead atoms. The Balaban J connectivity index is 1.51. The van der Waals surface area contributed by atoms with Gasteiger partial charge in [-0.25, -0.2) is 0 Å². The minimum absolute atomic E-state index is 0.0506. The number of ether oxygens (including phenoxy) is 2. The number of carbonyl (C=O) groups excluding carboxylic acids is 1. The molecule has 5 nitrogen and oxygen atoms in total. The van der Waals surface area contributed by atoms with Crippen molar-refractivity contribution in [2.24, 2.45) is 0 Å². The number of nitrogens with zero attached hydrogens (tertiary/aromatic N) is 2. The Bertz CT molecular complexity index is 986. The molecule has 3 aromatic rings. The van der Waals surface area contributed by atoms with Gasteiger partial charge in [-0.05, 0) is 43.1 Å². The van der Waals surface area contributed by atoms with Gasteiger partial charge in [0.25, 0.3) is 0 Å². The first-order valence-electron chi connectivity index (χ1n) is 10.0. The molecule has 4 rings (SSSR count). The van der Waals surface area contributed by atoms with Crippen molar-refractivity contribution in [1.29, 1.82) is 0 Å². The number of carbonyl (C=O) groups is 1. The number of anilines is 1. The molecule has 0 aliphatic carbocycles. The van der Waals surface area contributed by atoms with E-state index in [9.17, 15) is 4.79 Å². The summed E-state index contributed by atoms with van der Waals surface area (Å²) in [6, 6.07) is 18.2. The van der Waals surface area contributed by atoms with Crippen molar-refractivity contribution in [2.45, 2.75) is 20.0 Å². The molecule has 0 N–H and O–H groups in total. The second-order valence-electron chi connectivity index (χ2n) is 7.55. The minimum Gasteiger partial charge on any atom is -0.486 e.